The lowest BCUT2D eigenvalue weighted by Crippen LogP contribution is -2.20. The minimum absolute atomic E-state index is 0.305. The molecule has 4 atom stereocenters. The highest BCUT2D eigenvalue weighted by molar-refractivity contribution is 6.26. The van der Waals surface area contributed by atoms with E-state index in [4.69, 9.17) is 9.16 Å². The first-order chi connectivity index (χ1) is 8.79. The molecule has 0 aromatic heterocycles. The highest BCUT2D eigenvalue weighted by Gasteiger charge is 2.35. The highest BCUT2D eigenvalue weighted by Crippen LogP contribution is 2.43. The van der Waals surface area contributed by atoms with Crippen LogP contribution in [-0.4, -0.2) is 41.3 Å². The van der Waals surface area contributed by atoms with E-state index in [0.717, 1.165) is 37.3 Å². The summed E-state index contributed by atoms with van der Waals surface area (Å²) in [6.07, 6.45) is 8.86. The number of allylic oxidation sites excluding steroid dienone is 2. The average molecular weight is 268 g/mol. The maximum atomic E-state index is 9.78. The first kappa shape index (κ1) is 14.3. The number of aliphatic hydroxyl groups excluding tert-OH is 1. The molecule has 0 amide bonds. The third-order valence-corrected chi connectivity index (χ3v) is 4.87. The number of hydrogen-bond acceptors (Lipinski definition) is 3. The average Bonchev–Trinajstić information content (AvgIpc) is 2.97. The van der Waals surface area contributed by atoms with E-state index in [1.54, 1.807) is 7.11 Å². The Kier molecular flexibility index (Phi) is 5.88. The molecule has 102 valence electrons. The Balaban J connectivity index is 1.49. The number of fused-ring (bicyclic) bond motifs is 2. The van der Waals surface area contributed by atoms with Gasteiger partial charge in [0.25, 0.3) is 0 Å². The Morgan fingerprint density at radius 2 is 2.28 bits per heavy atom. The summed E-state index contributed by atoms with van der Waals surface area (Å²) in [6.45, 7) is 1.32. The van der Waals surface area contributed by atoms with Gasteiger partial charge in [0.05, 0.1) is 19.3 Å². The summed E-state index contributed by atoms with van der Waals surface area (Å²) in [5, 5.41) is 9.78. The summed E-state index contributed by atoms with van der Waals surface area (Å²) in [4.78, 5) is 0. The second-order valence-corrected chi connectivity index (χ2v) is 6.67. The van der Waals surface area contributed by atoms with Crippen LogP contribution in [0.4, 0.5) is 0 Å². The largest absolute Gasteiger partial charge is 0.421 e. The molecule has 18 heavy (non-hydrogen) atoms. The van der Waals surface area contributed by atoms with Crippen molar-refractivity contribution in [1.29, 1.82) is 0 Å². The third-order valence-electron chi connectivity index (χ3n) is 4.02. The van der Waals surface area contributed by atoms with Crippen molar-refractivity contribution in [1.82, 2.24) is 0 Å². The molecule has 1 fully saturated rings. The van der Waals surface area contributed by atoms with Crippen molar-refractivity contribution >= 4 is 9.76 Å². The molecular weight excluding hydrogens is 244 g/mol. The molecule has 2 aliphatic carbocycles. The molecule has 4 heteroatoms. The van der Waals surface area contributed by atoms with Crippen LogP contribution >= 0.6 is 0 Å². The van der Waals surface area contributed by atoms with Crippen molar-refractivity contribution in [3.8, 4) is 0 Å². The van der Waals surface area contributed by atoms with Crippen LogP contribution < -0.4 is 0 Å². The van der Waals surface area contributed by atoms with Crippen LogP contribution in [-0.2, 0) is 9.16 Å². The molecule has 2 rings (SSSR count). The molecular formula is C14H24O3Si. The van der Waals surface area contributed by atoms with Gasteiger partial charge in [-0.1, -0.05) is 18.6 Å². The van der Waals surface area contributed by atoms with Gasteiger partial charge in [-0.2, -0.15) is 0 Å². The van der Waals surface area contributed by atoms with Crippen LogP contribution in [0.25, 0.3) is 0 Å². The molecule has 0 aliphatic heterocycles. The lowest BCUT2D eigenvalue weighted by atomic mass is 9.95. The molecule has 0 saturated heterocycles. The van der Waals surface area contributed by atoms with Crippen LogP contribution in [0.1, 0.15) is 25.7 Å². The quantitative estimate of drug-likeness (QED) is 0.395. The SMILES string of the molecule is CO[Si]CCCC(O)COCC1CC2C=CC1C2. The van der Waals surface area contributed by atoms with Crippen LogP contribution in [0.15, 0.2) is 12.2 Å². The summed E-state index contributed by atoms with van der Waals surface area (Å²) in [7, 11) is 2.29. The summed E-state index contributed by atoms with van der Waals surface area (Å²) >= 11 is 0. The van der Waals surface area contributed by atoms with Crippen LogP contribution in [0.5, 0.6) is 0 Å². The maximum Gasteiger partial charge on any atom is 0.229 e. The lowest BCUT2D eigenvalue weighted by molar-refractivity contribution is 0.0137. The number of ether oxygens (including phenoxy) is 1. The Labute approximate surface area is 113 Å². The summed E-state index contributed by atoms with van der Waals surface area (Å²) in [5.74, 6) is 2.25. The van der Waals surface area contributed by atoms with Crippen LogP contribution in [0.2, 0.25) is 6.04 Å². The zero-order valence-electron chi connectivity index (χ0n) is 11.2. The van der Waals surface area contributed by atoms with Gasteiger partial charge in [-0.05, 0) is 43.1 Å². The van der Waals surface area contributed by atoms with Crippen molar-refractivity contribution in [2.75, 3.05) is 20.3 Å². The van der Waals surface area contributed by atoms with Gasteiger partial charge in [0.15, 0.2) is 0 Å². The van der Waals surface area contributed by atoms with Gasteiger partial charge >= 0.3 is 0 Å². The predicted molar refractivity (Wildman–Crippen MR) is 72.5 cm³/mol. The maximum absolute atomic E-state index is 9.78. The molecule has 4 unspecified atom stereocenters. The Hall–Kier alpha value is -0.163. The smallest absolute Gasteiger partial charge is 0.229 e. The number of rotatable bonds is 9. The van der Waals surface area contributed by atoms with Crippen LogP contribution in [0, 0.1) is 17.8 Å². The van der Waals surface area contributed by atoms with E-state index in [-0.39, 0.29) is 6.10 Å². The first-order valence-electron chi connectivity index (χ1n) is 6.99. The first-order valence-corrected chi connectivity index (χ1v) is 8.11. The van der Waals surface area contributed by atoms with Gasteiger partial charge in [0.1, 0.15) is 0 Å². The van der Waals surface area contributed by atoms with Gasteiger partial charge in [-0.15, -0.1) is 0 Å². The highest BCUT2D eigenvalue weighted by atomic mass is 28.2. The monoisotopic (exact) mass is 268 g/mol. The second-order valence-electron chi connectivity index (χ2n) is 5.47. The zero-order chi connectivity index (χ0) is 12.8. The Morgan fingerprint density at radius 3 is 2.94 bits per heavy atom. The molecule has 2 aliphatic rings. The van der Waals surface area contributed by atoms with E-state index in [0.29, 0.717) is 22.3 Å². The molecule has 1 N–H and O–H groups in total. The van der Waals surface area contributed by atoms with Gasteiger partial charge in [-0.25, -0.2) is 0 Å². The van der Waals surface area contributed by atoms with Crippen molar-refractivity contribution in [3.05, 3.63) is 12.2 Å². The van der Waals surface area contributed by atoms with Crippen molar-refractivity contribution in [2.45, 2.75) is 37.8 Å². The fourth-order valence-corrected chi connectivity index (χ4v) is 3.59. The molecule has 2 radical (unpaired) electrons. The Bertz CT molecular complexity index is 270. The van der Waals surface area contributed by atoms with Crippen molar-refractivity contribution in [3.63, 3.8) is 0 Å². The van der Waals surface area contributed by atoms with Crippen molar-refractivity contribution in [2.24, 2.45) is 17.8 Å². The third kappa shape index (κ3) is 4.19. The molecule has 3 nitrogen and oxygen atoms in total. The van der Waals surface area contributed by atoms with E-state index >= 15 is 0 Å². The summed E-state index contributed by atoms with van der Waals surface area (Å²) in [5.41, 5.74) is 0. The molecule has 0 aromatic carbocycles. The van der Waals surface area contributed by atoms with E-state index < -0.39 is 0 Å². The standard InChI is InChI=1S/C14H24O3Si/c1-16-18-6-2-3-14(15)10-17-9-13-8-11-4-5-12(13)7-11/h4-5,11-15H,2-3,6-10H2,1H3. The van der Waals surface area contributed by atoms with E-state index in [2.05, 4.69) is 12.2 Å². The predicted octanol–water partition coefficient (Wildman–Crippen LogP) is 2.04. The lowest BCUT2D eigenvalue weighted by Gasteiger charge is -2.19. The fourth-order valence-electron chi connectivity index (χ4n) is 3.04. The van der Waals surface area contributed by atoms with Gasteiger partial charge in [0, 0.05) is 7.11 Å². The minimum atomic E-state index is -0.305. The number of hydrogen-bond donors (Lipinski definition) is 1. The molecule has 1 saturated carbocycles. The second kappa shape index (κ2) is 7.43. The van der Waals surface area contributed by atoms with Crippen LogP contribution in [0.3, 0.4) is 0 Å². The minimum Gasteiger partial charge on any atom is -0.421 e. The van der Waals surface area contributed by atoms with E-state index in [1.807, 2.05) is 0 Å². The van der Waals surface area contributed by atoms with E-state index in [1.165, 1.54) is 12.8 Å². The molecule has 0 heterocycles. The molecule has 0 aromatic rings. The van der Waals surface area contributed by atoms with Gasteiger partial charge in [0.2, 0.25) is 9.76 Å². The van der Waals surface area contributed by atoms with E-state index in [9.17, 15) is 5.11 Å². The Morgan fingerprint density at radius 1 is 1.39 bits per heavy atom. The van der Waals surface area contributed by atoms with Gasteiger partial charge < -0.3 is 14.3 Å². The van der Waals surface area contributed by atoms with Gasteiger partial charge in [-0.3, -0.25) is 0 Å². The molecule has 2 bridgehead atoms. The zero-order valence-corrected chi connectivity index (χ0v) is 12.2. The number of aliphatic hydroxyl groups is 1. The summed E-state index contributed by atoms with van der Waals surface area (Å²) < 4.78 is 10.7. The summed E-state index contributed by atoms with van der Waals surface area (Å²) in [6, 6.07) is 1.05. The normalized spacial score (nSPS) is 31.1. The fraction of sp³-hybridized carbons (Fsp3) is 0.857. The topological polar surface area (TPSA) is 38.7 Å². The molecule has 0 spiro atoms. The van der Waals surface area contributed by atoms with Crippen molar-refractivity contribution < 1.29 is 14.3 Å².